The molecule has 2 N–H and O–H groups in total. The zero-order valence-corrected chi connectivity index (χ0v) is 9.03. The lowest BCUT2D eigenvalue weighted by Gasteiger charge is -2.27. The summed E-state index contributed by atoms with van der Waals surface area (Å²) in [6.45, 7) is 4.18. The van der Waals surface area contributed by atoms with Crippen molar-refractivity contribution < 1.29 is 0 Å². The molecule has 0 saturated carbocycles. The second-order valence-electron chi connectivity index (χ2n) is 4.44. The van der Waals surface area contributed by atoms with Crippen LogP contribution in [0.4, 0.5) is 0 Å². The van der Waals surface area contributed by atoms with Gasteiger partial charge in [0, 0.05) is 17.8 Å². The maximum Gasteiger partial charge on any atom is 0.0954 e. The molecular weight excluding hydrogens is 174 g/mol. The summed E-state index contributed by atoms with van der Waals surface area (Å²) in [5.74, 6) is 0. The van der Waals surface area contributed by atoms with E-state index in [2.05, 4.69) is 23.4 Å². The highest BCUT2D eigenvalue weighted by Crippen LogP contribution is 2.29. The third kappa shape index (κ3) is 1.69. The number of nitrogens with two attached hydrogens (primary N) is 1. The average molecular weight is 193 g/mol. The lowest BCUT2D eigenvalue weighted by atomic mass is 9.97. The van der Waals surface area contributed by atoms with Crippen molar-refractivity contribution in [2.24, 2.45) is 5.73 Å². The molecular formula is C11H19N3. The van der Waals surface area contributed by atoms with Gasteiger partial charge in [-0.3, -0.25) is 0 Å². The van der Waals surface area contributed by atoms with Gasteiger partial charge in [0.2, 0.25) is 0 Å². The number of hydrogen-bond donors (Lipinski definition) is 1. The maximum atomic E-state index is 5.85. The number of nitrogens with zero attached hydrogens (tertiary/aromatic N) is 2. The van der Waals surface area contributed by atoms with E-state index in [4.69, 9.17) is 5.73 Å². The minimum Gasteiger partial charge on any atom is -0.331 e. The summed E-state index contributed by atoms with van der Waals surface area (Å²) in [5, 5.41) is 0. The van der Waals surface area contributed by atoms with Crippen LogP contribution in [0, 0.1) is 6.92 Å². The molecule has 2 unspecified atom stereocenters. The first kappa shape index (κ1) is 9.71. The van der Waals surface area contributed by atoms with Crippen LogP contribution in [0.25, 0.3) is 0 Å². The van der Waals surface area contributed by atoms with Crippen LogP contribution >= 0.6 is 0 Å². The first-order valence-electron chi connectivity index (χ1n) is 5.46. The summed E-state index contributed by atoms with van der Waals surface area (Å²) < 4.78 is 2.34. The first-order chi connectivity index (χ1) is 6.68. The van der Waals surface area contributed by atoms with Gasteiger partial charge in [-0.1, -0.05) is 0 Å². The minimum absolute atomic E-state index is 0.286. The Labute approximate surface area is 85.3 Å². The number of imidazole rings is 1. The SMILES string of the molecule is Cc1ncn2c1CCCC2CC(C)N. The molecule has 78 valence electrons. The molecule has 0 saturated heterocycles. The molecule has 3 heteroatoms. The Morgan fingerprint density at radius 2 is 2.50 bits per heavy atom. The molecule has 0 spiro atoms. The van der Waals surface area contributed by atoms with Crippen LogP contribution in [0.1, 0.15) is 43.6 Å². The van der Waals surface area contributed by atoms with Crippen molar-refractivity contribution in [1.82, 2.24) is 9.55 Å². The minimum atomic E-state index is 0.286. The van der Waals surface area contributed by atoms with Gasteiger partial charge in [-0.15, -0.1) is 0 Å². The Morgan fingerprint density at radius 3 is 3.21 bits per heavy atom. The van der Waals surface area contributed by atoms with Crippen LogP contribution in [-0.4, -0.2) is 15.6 Å². The quantitative estimate of drug-likeness (QED) is 0.778. The molecule has 0 aromatic carbocycles. The molecule has 1 aliphatic rings. The molecule has 3 nitrogen and oxygen atoms in total. The van der Waals surface area contributed by atoms with Crippen molar-refractivity contribution in [3.05, 3.63) is 17.7 Å². The molecule has 1 aromatic heterocycles. The predicted molar refractivity (Wildman–Crippen MR) is 57.2 cm³/mol. The van der Waals surface area contributed by atoms with E-state index >= 15 is 0 Å². The summed E-state index contributed by atoms with van der Waals surface area (Å²) in [4.78, 5) is 4.38. The predicted octanol–water partition coefficient (Wildman–Crippen LogP) is 1.81. The fraction of sp³-hybridized carbons (Fsp3) is 0.727. The van der Waals surface area contributed by atoms with E-state index in [0.717, 1.165) is 6.42 Å². The summed E-state index contributed by atoms with van der Waals surface area (Å²) in [6.07, 6.45) is 6.77. The summed E-state index contributed by atoms with van der Waals surface area (Å²) in [6, 6.07) is 0.869. The average Bonchev–Trinajstić information content (AvgIpc) is 2.49. The summed E-state index contributed by atoms with van der Waals surface area (Å²) >= 11 is 0. The van der Waals surface area contributed by atoms with E-state index in [0.29, 0.717) is 6.04 Å². The van der Waals surface area contributed by atoms with E-state index in [1.165, 1.54) is 30.7 Å². The van der Waals surface area contributed by atoms with E-state index in [1.807, 2.05) is 6.33 Å². The van der Waals surface area contributed by atoms with Crippen molar-refractivity contribution in [3.8, 4) is 0 Å². The fourth-order valence-corrected chi connectivity index (χ4v) is 2.41. The molecule has 2 atom stereocenters. The van der Waals surface area contributed by atoms with Gasteiger partial charge in [0.1, 0.15) is 0 Å². The Morgan fingerprint density at radius 1 is 1.71 bits per heavy atom. The van der Waals surface area contributed by atoms with Crippen molar-refractivity contribution in [3.63, 3.8) is 0 Å². The lowest BCUT2D eigenvalue weighted by Crippen LogP contribution is -2.25. The van der Waals surface area contributed by atoms with Crippen LogP contribution in [0.5, 0.6) is 0 Å². The molecule has 0 fully saturated rings. The van der Waals surface area contributed by atoms with Crippen molar-refractivity contribution in [1.29, 1.82) is 0 Å². The fourth-order valence-electron chi connectivity index (χ4n) is 2.41. The molecule has 1 aliphatic heterocycles. The molecule has 2 rings (SSSR count). The number of aryl methyl sites for hydroxylation is 1. The Kier molecular flexibility index (Phi) is 2.59. The monoisotopic (exact) mass is 193 g/mol. The standard InChI is InChI=1S/C11H19N3/c1-8(12)6-10-4-3-5-11-9(2)13-7-14(10)11/h7-8,10H,3-6,12H2,1-2H3. The molecule has 0 radical (unpaired) electrons. The van der Waals surface area contributed by atoms with Gasteiger partial charge in [0.15, 0.2) is 0 Å². The number of fused-ring (bicyclic) bond motifs is 1. The van der Waals surface area contributed by atoms with Gasteiger partial charge < -0.3 is 10.3 Å². The third-order valence-corrected chi connectivity index (χ3v) is 3.09. The van der Waals surface area contributed by atoms with Crippen molar-refractivity contribution in [2.75, 3.05) is 0 Å². The highest BCUT2D eigenvalue weighted by molar-refractivity contribution is 5.14. The van der Waals surface area contributed by atoms with Gasteiger partial charge >= 0.3 is 0 Å². The van der Waals surface area contributed by atoms with Crippen LogP contribution < -0.4 is 5.73 Å². The topological polar surface area (TPSA) is 43.8 Å². The maximum absolute atomic E-state index is 5.85. The Bertz CT molecular complexity index is 314. The van der Waals surface area contributed by atoms with Crippen molar-refractivity contribution >= 4 is 0 Å². The number of rotatable bonds is 2. The van der Waals surface area contributed by atoms with E-state index < -0.39 is 0 Å². The normalized spacial score (nSPS) is 23.2. The summed E-state index contributed by atoms with van der Waals surface area (Å²) in [5.41, 5.74) is 8.47. The Hall–Kier alpha value is -0.830. The van der Waals surface area contributed by atoms with Crippen LogP contribution in [-0.2, 0) is 6.42 Å². The van der Waals surface area contributed by atoms with Crippen molar-refractivity contribution in [2.45, 2.75) is 51.6 Å². The van der Waals surface area contributed by atoms with Gasteiger partial charge in [-0.05, 0) is 39.5 Å². The van der Waals surface area contributed by atoms with E-state index in [1.54, 1.807) is 0 Å². The molecule has 2 heterocycles. The van der Waals surface area contributed by atoms with E-state index in [-0.39, 0.29) is 6.04 Å². The summed E-state index contributed by atoms with van der Waals surface area (Å²) in [7, 11) is 0. The van der Waals surface area contributed by atoms with Crippen LogP contribution in [0.3, 0.4) is 0 Å². The molecule has 0 aliphatic carbocycles. The van der Waals surface area contributed by atoms with Gasteiger partial charge in [0.25, 0.3) is 0 Å². The van der Waals surface area contributed by atoms with Gasteiger partial charge in [-0.25, -0.2) is 4.98 Å². The lowest BCUT2D eigenvalue weighted by molar-refractivity contribution is 0.359. The van der Waals surface area contributed by atoms with Gasteiger partial charge in [-0.2, -0.15) is 0 Å². The molecule has 0 bridgehead atoms. The molecule has 14 heavy (non-hydrogen) atoms. The zero-order chi connectivity index (χ0) is 10.1. The Balaban J connectivity index is 2.22. The first-order valence-corrected chi connectivity index (χ1v) is 5.46. The highest BCUT2D eigenvalue weighted by Gasteiger charge is 2.21. The highest BCUT2D eigenvalue weighted by atomic mass is 15.1. The van der Waals surface area contributed by atoms with Crippen LogP contribution in [0.2, 0.25) is 0 Å². The smallest absolute Gasteiger partial charge is 0.0954 e. The van der Waals surface area contributed by atoms with Crippen LogP contribution in [0.15, 0.2) is 6.33 Å². The molecule has 1 aromatic rings. The number of aromatic nitrogens is 2. The third-order valence-electron chi connectivity index (χ3n) is 3.09. The largest absolute Gasteiger partial charge is 0.331 e. The van der Waals surface area contributed by atoms with Gasteiger partial charge in [0.05, 0.1) is 12.0 Å². The second kappa shape index (κ2) is 3.73. The zero-order valence-electron chi connectivity index (χ0n) is 9.03. The second-order valence-corrected chi connectivity index (χ2v) is 4.44. The number of hydrogen-bond acceptors (Lipinski definition) is 2. The molecule has 0 amide bonds. The van der Waals surface area contributed by atoms with E-state index in [9.17, 15) is 0 Å².